The summed E-state index contributed by atoms with van der Waals surface area (Å²) in [5, 5.41) is 16.0. The Balaban J connectivity index is 2.26. The first-order valence-electron chi connectivity index (χ1n) is 4.82. The number of nitrogens with zero attached hydrogens (tertiary/aromatic N) is 4. The third-order valence-electron chi connectivity index (χ3n) is 2.33. The molecule has 0 aliphatic heterocycles. The van der Waals surface area contributed by atoms with Gasteiger partial charge in [-0.1, -0.05) is 18.2 Å². The zero-order valence-corrected chi connectivity index (χ0v) is 8.32. The molecule has 5 nitrogen and oxygen atoms in total. The maximum absolute atomic E-state index is 11.0. The largest absolute Gasteiger partial charge is 0.711 e. The molecule has 0 radical (unpaired) electrons. The van der Waals surface area contributed by atoms with Gasteiger partial charge in [-0.25, -0.2) is 4.73 Å². The molecule has 3 aromatic rings. The van der Waals surface area contributed by atoms with E-state index in [9.17, 15) is 5.21 Å². The van der Waals surface area contributed by atoms with Gasteiger partial charge in [-0.2, -0.15) is 9.78 Å². The second-order valence-electron chi connectivity index (χ2n) is 3.40. The standard InChI is InChI=1S/C11H8N4O/c16-14-7-9-6-13-15(11(9)12-8-14)10-4-2-1-3-5-10/h1-8H. The summed E-state index contributed by atoms with van der Waals surface area (Å²) in [6.45, 7) is 0. The van der Waals surface area contributed by atoms with E-state index >= 15 is 0 Å². The molecule has 0 bridgehead atoms. The first kappa shape index (κ1) is 8.84. The fourth-order valence-corrected chi connectivity index (χ4v) is 1.62. The van der Waals surface area contributed by atoms with Crippen molar-refractivity contribution in [3.63, 3.8) is 0 Å². The Morgan fingerprint density at radius 3 is 2.81 bits per heavy atom. The van der Waals surface area contributed by atoms with Gasteiger partial charge in [0.1, 0.15) is 11.6 Å². The molecule has 0 aliphatic carbocycles. The van der Waals surface area contributed by atoms with Gasteiger partial charge in [0.2, 0.25) is 0 Å². The van der Waals surface area contributed by atoms with Gasteiger partial charge >= 0.3 is 0 Å². The summed E-state index contributed by atoms with van der Waals surface area (Å²) in [6.07, 6.45) is 4.31. The van der Waals surface area contributed by atoms with Crippen LogP contribution in [0.2, 0.25) is 0 Å². The van der Waals surface area contributed by atoms with E-state index < -0.39 is 0 Å². The van der Waals surface area contributed by atoms with Gasteiger partial charge in [0.05, 0.1) is 11.9 Å². The van der Waals surface area contributed by atoms with Crippen LogP contribution in [0, 0.1) is 5.21 Å². The van der Waals surface area contributed by atoms with Crippen molar-refractivity contribution >= 4 is 11.0 Å². The van der Waals surface area contributed by atoms with Crippen LogP contribution in [-0.2, 0) is 0 Å². The summed E-state index contributed by atoms with van der Waals surface area (Å²) in [6, 6.07) is 9.67. The van der Waals surface area contributed by atoms with Crippen molar-refractivity contribution in [1.29, 1.82) is 0 Å². The summed E-state index contributed by atoms with van der Waals surface area (Å²) in [7, 11) is 0. The molecule has 0 saturated carbocycles. The molecule has 0 amide bonds. The molecular formula is C11H8N4O. The predicted octanol–water partition coefficient (Wildman–Crippen LogP) is 1.05. The minimum absolute atomic E-state index is 0.666. The fourth-order valence-electron chi connectivity index (χ4n) is 1.62. The van der Waals surface area contributed by atoms with Crippen molar-refractivity contribution in [2.24, 2.45) is 0 Å². The van der Waals surface area contributed by atoms with Gasteiger partial charge in [0.15, 0.2) is 0 Å². The third-order valence-corrected chi connectivity index (χ3v) is 2.33. The molecule has 2 heterocycles. The van der Waals surface area contributed by atoms with E-state index in [1.54, 1.807) is 10.9 Å². The highest BCUT2D eigenvalue weighted by Crippen LogP contribution is 2.13. The Hall–Kier alpha value is -2.43. The molecule has 5 heteroatoms. The van der Waals surface area contributed by atoms with E-state index in [-0.39, 0.29) is 0 Å². The zero-order valence-electron chi connectivity index (χ0n) is 8.32. The Labute approximate surface area is 91.2 Å². The van der Waals surface area contributed by atoms with Crippen LogP contribution in [0.5, 0.6) is 0 Å². The molecule has 0 saturated heterocycles. The quantitative estimate of drug-likeness (QED) is 0.447. The van der Waals surface area contributed by atoms with E-state index in [1.807, 2.05) is 30.3 Å². The Kier molecular flexibility index (Phi) is 1.83. The van der Waals surface area contributed by atoms with Crippen LogP contribution < -0.4 is 4.73 Å². The number of benzene rings is 1. The van der Waals surface area contributed by atoms with E-state index in [2.05, 4.69) is 10.1 Å². The Morgan fingerprint density at radius 1 is 1.19 bits per heavy atom. The van der Waals surface area contributed by atoms with Crippen molar-refractivity contribution in [2.45, 2.75) is 0 Å². The predicted molar refractivity (Wildman–Crippen MR) is 57.8 cm³/mol. The number of rotatable bonds is 1. The summed E-state index contributed by atoms with van der Waals surface area (Å²) < 4.78 is 2.37. The second-order valence-corrected chi connectivity index (χ2v) is 3.40. The number of hydrogen-bond donors (Lipinski definition) is 0. The lowest BCUT2D eigenvalue weighted by atomic mass is 10.3. The smallest absolute Gasteiger partial charge is 0.291 e. The normalized spacial score (nSPS) is 10.8. The summed E-state index contributed by atoms with van der Waals surface area (Å²) in [4.78, 5) is 4.07. The molecule has 0 unspecified atom stereocenters. The van der Waals surface area contributed by atoms with Crippen molar-refractivity contribution in [1.82, 2.24) is 14.8 Å². The van der Waals surface area contributed by atoms with Gasteiger partial charge in [-0.15, -0.1) is 0 Å². The molecule has 0 fully saturated rings. The summed E-state index contributed by atoms with van der Waals surface area (Å²) in [5.41, 5.74) is 1.60. The molecule has 16 heavy (non-hydrogen) atoms. The van der Waals surface area contributed by atoms with E-state index in [1.165, 1.54) is 12.5 Å². The molecule has 0 spiro atoms. The molecule has 78 valence electrons. The van der Waals surface area contributed by atoms with Crippen molar-refractivity contribution in [3.8, 4) is 5.69 Å². The van der Waals surface area contributed by atoms with Crippen LogP contribution in [0.1, 0.15) is 0 Å². The van der Waals surface area contributed by atoms with Crippen LogP contribution >= 0.6 is 0 Å². The topological polar surface area (TPSA) is 57.6 Å². The zero-order chi connectivity index (χ0) is 11.0. The molecule has 0 N–H and O–H groups in total. The third kappa shape index (κ3) is 1.30. The first-order valence-corrected chi connectivity index (χ1v) is 4.82. The van der Waals surface area contributed by atoms with Gasteiger partial charge in [0, 0.05) is 0 Å². The highest BCUT2D eigenvalue weighted by atomic mass is 16.5. The highest BCUT2D eigenvalue weighted by Gasteiger charge is 2.10. The summed E-state index contributed by atoms with van der Waals surface area (Å²) >= 11 is 0. The second kappa shape index (κ2) is 3.30. The molecular weight excluding hydrogens is 204 g/mol. The van der Waals surface area contributed by atoms with Crippen LogP contribution in [0.3, 0.4) is 0 Å². The lowest BCUT2D eigenvalue weighted by Crippen LogP contribution is -2.25. The summed E-state index contributed by atoms with van der Waals surface area (Å²) in [5.74, 6) is 0. The van der Waals surface area contributed by atoms with Gasteiger partial charge in [-0.3, -0.25) is 0 Å². The number of aromatic nitrogens is 4. The fraction of sp³-hybridized carbons (Fsp3) is 0. The van der Waals surface area contributed by atoms with Crippen molar-refractivity contribution < 1.29 is 4.73 Å². The molecule has 0 aliphatic rings. The minimum atomic E-state index is 0.666. The number of fused-ring (bicyclic) bond motifs is 1. The molecule has 1 aromatic carbocycles. The van der Waals surface area contributed by atoms with Crippen molar-refractivity contribution in [2.75, 3.05) is 0 Å². The van der Waals surface area contributed by atoms with E-state index in [0.29, 0.717) is 10.4 Å². The Bertz CT molecular complexity index is 633. The van der Waals surface area contributed by atoms with Gasteiger partial charge < -0.3 is 5.21 Å². The lowest BCUT2D eigenvalue weighted by Gasteiger charge is -2.00. The van der Waals surface area contributed by atoms with E-state index in [4.69, 9.17) is 0 Å². The van der Waals surface area contributed by atoms with Gasteiger partial charge in [0.25, 0.3) is 12.0 Å². The minimum Gasteiger partial charge on any atom is -0.711 e. The average Bonchev–Trinajstić information content (AvgIpc) is 2.73. The van der Waals surface area contributed by atoms with E-state index in [0.717, 1.165) is 11.1 Å². The van der Waals surface area contributed by atoms with Gasteiger partial charge in [-0.05, 0) is 17.1 Å². The van der Waals surface area contributed by atoms with Crippen LogP contribution in [-0.4, -0.2) is 14.8 Å². The van der Waals surface area contributed by atoms with Crippen molar-refractivity contribution in [3.05, 3.63) is 54.3 Å². The van der Waals surface area contributed by atoms with Crippen LogP contribution in [0.4, 0.5) is 0 Å². The molecule has 3 rings (SSSR count). The first-order chi connectivity index (χ1) is 7.84. The molecule has 0 atom stereocenters. The lowest BCUT2D eigenvalue weighted by molar-refractivity contribution is -0.607. The molecule has 2 aromatic heterocycles. The van der Waals surface area contributed by atoms with Crippen LogP contribution in [0.15, 0.2) is 49.1 Å². The average molecular weight is 212 g/mol. The van der Waals surface area contributed by atoms with Crippen LogP contribution in [0.25, 0.3) is 16.7 Å². The maximum Gasteiger partial charge on any atom is 0.291 e. The monoisotopic (exact) mass is 212 g/mol. The SMILES string of the molecule is [O-][n+]1cnc2c(cnn2-c2ccccc2)c1. The number of hydrogen-bond acceptors (Lipinski definition) is 3. The maximum atomic E-state index is 11.0. The Morgan fingerprint density at radius 2 is 2.00 bits per heavy atom. The highest BCUT2D eigenvalue weighted by molar-refractivity contribution is 5.74. The number of para-hydroxylation sites is 1.